The molecule has 4 atom stereocenters. The molecule has 2 unspecified atom stereocenters. The number of hydrogen-bond donors (Lipinski definition) is 5. The van der Waals surface area contributed by atoms with Crippen molar-refractivity contribution in [2.75, 3.05) is 39.3 Å². The molecule has 0 radical (unpaired) electrons. The number of ketones is 1. The maximum atomic E-state index is 13.5. The molecule has 12 heteroatoms. The van der Waals surface area contributed by atoms with Gasteiger partial charge in [-0.25, -0.2) is 4.79 Å². The topological polar surface area (TPSA) is 166 Å². The Hall–Kier alpha value is -2.73. The van der Waals surface area contributed by atoms with Gasteiger partial charge in [0.1, 0.15) is 6.04 Å². The summed E-state index contributed by atoms with van der Waals surface area (Å²) in [6.07, 6.45) is 3.75. The number of carbonyl (C=O) groups is 5. The molecule has 2 saturated heterocycles. The molecule has 43 heavy (non-hydrogen) atoms. The summed E-state index contributed by atoms with van der Waals surface area (Å²) in [6, 6.07) is -2.39. The van der Waals surface area contributed by atoms with Gasteiger partial charge in [0, 0.05) is 44.3 Å². The predicted molar refractivity (Wildman–Crippen MR) is 165 cm³/mol. The normalized spacial score (nSPS) is 24.1. The van der Waals surface area contributed by atoms with Crippen molar-refractivity contribution in [1.29, 1.82) is 0 Å². The minimum Gasteiger partial charge on any atom is -0.363 e. The van der Waals surface area contributed by atoms with Crippen molar-refractivity contribution in [3.8, 4) is 0 Å². The zero-order chi connectivity index (χ0) is 32.1. The Bertz CT molecular complexity index is 1040. The third-order valence-electron chi connectivity index (χ3n) is 9.69. The summed E-state index contributed by atoms with van der Waals surface area (Å²) in [6.45, 7) is 18.1. The number of amides is 5. The number of hydrogen-bond acceptors (Lipinski definition) is 7. The van der Waals surface area contributed by atoms with E-state index in [0.717, 1.165) is 38.9 Å². The summed E-state index contributed by atoms with van der Waals surface area (Å²) in [5.74, 6) is -2.16. The van der Waals surface area contributed by atoms with Gasteiger partial charge in [0.05, 0.1) is 12.6 Å². The number of Topliss-reactive ketones (excluding diaryl/α,β-unsaturated/α-hetero) is 1. The van der Waals surface area contributed by atoms with Gasteiger partial charge in [-0.3, -0.25) is 24.1 Å². The Morgan fingerprint density at radius 1 is 1.07 bits per heavy atom. The highest BCUT2D eigenvalue weighted by Crippen LogP contribution is 2.32. The van der Waals surface area contributed by atoms with Crippen LogP contribution in [0.1, 0.15) is 80.6 Å². The van der Waals surface area contributed by atoms with Gasteiger partial charge in [0.25, 0.3) is 5.91 Å². The summed E-state index contributed by atoms with van der Waals surface area (Å²) in [7, 11) is 0. The average molecular weight is 606 g/mol. The fourth-order valence-electron chi connectivity index (χ4n) is 6.19. The number of nitrogens with two attached hydrogens (primary N) is 1. The van der Waals surface area contributed by atoms with E-state index in [1.807, 2.05) is 13.8 Å². The van der Waals surface area contributed by atoms with Crippen LogP contribution >= 0.6 is 0 Å². The number of likely N-dealkylation sites (tertiary alicyclic amines) is 1. The van der Waals surface area contributed by atoms with Gasteiger partial charge in [0.2, 0.25) is 17.6 Å². The van der Waals surface area contributed by atoms with Crippen LogP contribution in [-0.4, -0.2) is 102 Å². The Balaban J connectivity index is 1.63. The van der Waals surface area contributed by atoms with Crippen molar-refractivity contribution in [3.05, 3.63) is 0 Å². The highest BCUT2D eigenvalue weighted by atomic mass is 16.2. The standard InChI is InChI=1S/C31H55N7O5/c1-19(2)21-14-23(28(42)35-22(26(40)27(32)41)13-20-9-8-10-20)38(16-21)25(39)15-34-29(43)36-24(30(3,4)5)17-37-12-11-33-18-31(37,6)7/h19-24,33H,8-18H2,1-7H3,(H2,32,41)(H,35,42)(H2,34,36,43)/t21?,22?,23-,24+/m0/s1. The Morgan fingerprint density at radius 3 is 2.28 bits per heavy atom. The number of nitrogens with zero attached hydrogens (tertiary/aromatic N) is 2. The fraction of sp³-hybridized carbons (Fsp3) is 0.839. The summed E-state index contributed by atoms with van der Waals surface area (Å²) in [4.78, 5) is 68.0. The molecule has 2 heterocycles. The first kappa shape index (κ1) is 34.8. The van der Waals surface area contributed by atoms with Gasteiger partial charge in [-0.1, -0.05) is 53.9 Å². The van der Waals surface area contributed by atoms with Gasteiger partial charge in [0.15, 0.2) is 0 Å². The summed E-state index contributed by atoms with van der Waals surface area (Å²) in [5.41, 5.74) is 5.01. The van der Waals surface area contributed by atoms with E-state index in [1.54, 1.807) is 0 Å². The molecule has 1 aliphatic carbocycles. The molecule has 1 saturated carbocycles. The second kappa shape index (κ2) is 14.4. The van der Waals surface area contributed by atoms with Crippen LogP contribution in [0, 0.1) is 23.2 Å². The van der Waals surface area contributed by atoms with Crippen molar-refractivity contribution in [2.45, 2.75) is 104 Å². The van der Waals surface area contributed by atoms with Gasteiger partial charge < -0.3 is 31.9 Å². The largest absolute Gasteiger partial charge is 0.363 e. The van der Waals surface area contributed by atoms with E-state index in [9.17, 15) is 24.0 Å². The van der Waals surface area contributed by atoms with Crippen LogP contribution in [0.5, 0.6) is 0 Å². The smallest absolute Gasteiger partial charge is 0.315 e. The molecule has 244 valence electrons. The maximum Gasteiger partial charge on any atom is 0.315 e. The van der Waals surface area contributed by atoms with Crippen LogP contribution in [-0.2, 0) is 19.2 Å². The average Bonchev–Trinajstić information content (AvgIpc) is 3.34. The van der Waals surface area contributed by atoms with Crippen LogP contribution in [0.3, 0.4) is 0 Å². The number of primary amides is 1. The van der Waals surface area contributed by atoms with Gasteiger partial charge in [-0.15, -0.1) is 0 Å². The van der Waals surface area contributed by atoms with E-state index in [1.165, 1.54) is 4.90 Å². The lowest BCUT2D eigenvalue weighted by Gasteiger charge is -2.46. The van der Waals surface area contributed by atoms with Crippen LogP contribution < -0.4 is 27.0 Å². The predicted octanol–water partition coefficient (Wildman–Crippen LogP) is 0.987. The third-order valence-corrected chi connectivity index (χ3v) is 9.69. The van der Waals surface area contributed by atoms with Crippen molar-refractivity contribution in [1.82, 2.24) is 31.1 Å². The van der Waals surface area contributed by atoms with Crippen molar-refractivity contribution < 1.29 is 24.0 Å². The number of urea groups is 1. The lowest BCUT2D eigenvalue weighted by Crippen LogP contribution is -2.63. The lowest BCUT2D eigenvalue weighted by molar-refractivity contribution is -0.141. The zero-order valence-electron chi connectivity index (χ0n) is 27.3. The van der Waals surface area contributed by atoms with Crippen LogP contribution in [0.15, 0.2) is 0 Å². The molecule has 3 aliphatic rings. The summed E-state index contributed by atoms with van der Waals surface area (Å²) < 4.78 is 0. The fourth-order valence-corrected chi connectivity index (χ4v) is 6.19. The van der Waals surface area contributed by atoms with Crippen LogP contribution in [0.4, 0.5) is 4.79 Å². The highest BCUT2D eigenvalue weighted by Gasteiger charge is 2.42. The quantitative estimate of drug-likeness (QED) is 0.207. The van der Waals surface area contributed by atoms with E-state index in [4.69, 9.17) is 5.73 Å². The maximum absolute atomic E-state index is 13.5. The van der Waals surface area contributed by atoms with E-state index in [2.05, 4.69) is 60.8 Å². The second-order valence-corrected chi connectivity index (χ2v) is 14.8. The molecule has 6 N–H and O–H groups in total. The SMILES string of the molecule is CC(C)C1C[C@@H](C(=O)NC(CC2CCC2)C(=O)C(N)=O)N(C(=O)CNC(=O)N[C@H](CN2CCNCC2(C)C)C(C)(C)C)C1. The molecule has 0 aromatic heterocycles. The number of piperazine rings is 1. The van der Waals surface area contributed by atoms with Crippen molar-refractivity contribution in [2.24, 2.45) is 28.9 Å². The van der Waals surface area contributed by atoms with E-state index >= 15 is 0 Å². The number of rotatable bonds is 12. The monoisotopic (exact) mass is 605 g/mol. The first-order valence-corrected chi connectivity index (χ1v) is 15.9. The molecule has 12 nitrogen and oxygen atoms in total. The zero-order valence-corrected chi connectivity index (χ0v) is 27.3. The van der Waals surface area contributed by atoms with Crippen molar-refractivity contribution >= 4 is 29.5 Å². The third kappa shape index (κ3) is 9.38. The first-order chi connectivity index (χ1) is 20.0. The molecule has 0 spiro atoms. The van der Waals surface area contributed by atoms with E-state index in [-0.39, 0.29) is 47.2 Å². The lowest BCUT2D eigenvalue weighted by atomic mass is 9.80. The van der Waals surface area contributed by atoms with Gasteiger partial charge in [-0.05, 0) is 49.9 Å². The number of nitrogens with one attached hydrogen (secondary N) is 4. The molecule has 0 aromatic rings. The molecule has 3 rings (SSSR count). The summed E-state index contributed by atoms with van der Waals surface area (Å²) >= 11 is 0. The molecule has 0 bridgehead atoms. The minimum atomic E-state index is -1.08. The van der Waals surface area contributed by atoms with Gasteiger partial charge >= 0.3 is 6.03 Å². The molecule has 3 fully saturated rings. The van der Waals surface area contributed by atoms with Crippen LogP contribution in [0.25, 0.3) is 0 Å². The van der Waals surface area contributed by atoms with E-state index in [0.29, 0.717) is 25.9 Å². The first-order valence-electron chi connectivity index (χ1n) is 15.9. The molecular formula is C31H55N7O5. The highest BCUT2D eigenvalue weighted by molar-refractivity contribution is 6.37. The molecule has 2 aliphatic heterocycles. The number of carbonyl (C=O) groups excluding carboxylic acids is 5. The second-order valence-electron chi connectivity index (χ2n) is 14.8. The molecule has 0 aromatic carbocycles. The van der Waals surface area contributed by atoms with Crippen LogP contribution in [0.2, 0.25) is 0 Å². The molecular weight excluding hydrogens is 550 g/mol. The Labute approximate surface area is 257 Å². The summed E-state index contributed by atoms with van der Waals surface area (Å²) in [5, 5.41) is 12.0. The molecule has 5 amide bonds. The Morgan fingerprint density at radius 2 is 1.74 bits per heavy atom. The van der Waals surface area contributed by atoms with Gasteiger partial charge in [-0.2, -0.15) is 0 Å². The Kier molecular flexibility index (Phi) is 11.6. The van der Waals surface area contributed by atoms with E-state index < -0.39 is 35.7 Å². The minimum absolute atomic E-state index is 0.0485. The van der Waals surface area contributed by atoms with Crippen molar-refractivity contribution in [3.63, 3.8) is 0 Å².